The summed E-state index contributed by atoms with van der Waals surface area (Å²) in [6, 6.07) is 13.2. The van der Waals surface area contributed by atoms with Crippen molar-refractivity contribution in [1.29, 1.82) is 0 Å². The molecule has 0 atom stereocenters. The van der Waals surface area contributed by atoms with Crippen LogP contribution in [0.25, 0.3) is 5.69 Å². The van der Waals surface area contributed by atoms with Crippen LogP contribution in [0.2, 0.25) is 0 Å². The molecule has 0 saturated heterocycles. The number of hydrogen-bond donors (Lipinski definition) is 0. The monoisotopic (exact) mass is 356 g/mol. The molecule has 6 heteroatoms. The van der Waals surface area contributed by atoms with E-state index in [-0.39, 0.29) is 17.4 Å². The lowest BCUT2D eigenvalue weighted by atomic mass is 10.2. The number of aryl methyl sites for hydroxylation is 1. The average molecular weight is 356 g/mol. The highest BCUT2D eigenvalue weighted by atomic mass is 32.2. The fraction of sp³-hybridized carbons (Fsp3) is 0.158. The van der Waals surface area contributed by atoms with E-state index in [0.29, 0.717) is 16.3 Å². The van der Waals surface area contributed by atoms with Crippen molar-refractivity contribution >= 4 is 17.5 Å². The fourth-order valence-corrected chi connectivity index (χ4v) is 3.60. The molecule has 128 valence electrons. The predicted molar refractivity (Wildman–Crippen MR) is 95.7 cm³/mol. The van der Waals surface area contributed by atoms with E-state index in [1.807, 2.05) is 18.4 Å². The normalized spacial score (nSPS) is 10.8. The molecule has 2 aromatic heterocycles. The number of nitrogens with zero attached hydrogens (tertiary/aromatic N) is 2. The van der Waals surface area contributed by atoms with Gasteiger partial charge in [-0.1, -0.05) is 6.07 Å². The second-order valence-corrected chi connectivity index (χ2v) is 6.67. The Balaban J connectivity index is 1.85. The number of aromatic nitrogens is 2. The Hall–Kier alpha value is -2.60. The molecule has 25 heavy (non-hydrogen) atoms. The van der Waals surface area contributed by atoms with Gasteiger partial charge in [0.15, 0.2) is 12.0 Å². The first-order valence-corrected chi connectivity index (χ1v) is 8.75. The van der Waals surface area contributed by atoms with Gasteiger partial charge in [0.25, 0.3) is 5.03 Å². The molecule has 2 heterocycles. The second kappa shape index (κ2) is 7.11. The Labute approximate surface area is 149 Å². The average Bonchev–Trinajstić information content (AvgIpc) is 2.88. The highest BCUT2D eigenvalue weighted by Gasteiger charge is 2.18. The summed E-state index contributed by atoms with van der Waals surface area (Å²) < 4.78 is 16.1. The third-order valence-corrected chi connectivity index (χ3v) is 4.96. The van der Waals surface area contributed by atoms with Crippen LogP contribution in [0, 0.1) is 24.9 Å². The number of benzene rings is 1. The Bertz CT molecular complexity index is 937. The van der Waals surface area contributed by atoms with Crippen LogP contribution >= 0.6 is 11.8 Å². The van der Waals surface area contributed by atoms with Crippen molar-refractivity contribution in [3.63, 3.8) is 0 Å². The first kappa shape index (κ1) is 17.2. The molecule has 3 rings (SSSR count). The van der Waals surface area contributed by atoms with Crippen molar-refractivity contribution in [3.8, 4) is 5.69 Å². The van der Waals surface area contributed by atoms with E-state index in [1.54, 1.807) is 36.4 Å². The van der Waals surface area contributed by atoms with Crippen molar-refractivity contribution < 1.29 is 13.9 Å². The molecular formula is C19H17FN2O2S. The zero-order chi connectivity index (χ0) is 18.0. The van der Waals surface area contributed by atoms with Gasteiger partial charge in [-0.15, -0.1) is 0 Å². The molecule has 0 aliphatic rings. The Morgan fingerprint density at radius 1 is 1.20 bits per heavy atom. The number of carbonyl (C=O) groups excluding carboxylic acids is 1. The summed E-state index contributed by atoms with van der Waals surface area (Å²) in [6.07, 6.45) is 1.41. The van der Waals surface area contributed by atoms with Gasteiger partial charge in [0.2, 0.25) is 0 Å². The summed E-state index contributed by atoms with van der Waals surface area (Å²) in [7, 11) is 0. The lowest BCUT2D eigenvalue weighted by Crippen LogP contribution is -2.28. The first-order valence-electron chi connectivity index (χ1n) is 7.76. The van der Waals surface area contributed by atoms with E-state index < -0.39 is 0 Å². The minimum absolute atomic E-state index is 0.0652. The summed E-state index contributed by atoms with van der Waals surface area (Å²) in [4.78, 5) is 12.6. The molecule has 0 radical (unpaired) electrons. The molecule has 0 unspecified atom stereocenters. The smallest absolute Gasteiger partial charge is 0.251 e. The van der Waals surface area contributed by atoms with E-state index in [1.165, 1.54) is 30.1 Å². The third kappa shape index (κ3) is 3.58. The molecular weight excluding hydrogens is 339 g/mol. The third-order valence-electron chi connectivity index (χ3n) is 3.94. The zero-order valence-electron chi connectivity index (χ0n) is 13.9. The number of ketones is 1. The zero-order valence-corrected chi connectivity index (χ0v) is 14.7. The van der Waals surface area contributed by atoms with Gasteiger partial charge in [0.1, 0.15) is 5.82 Å². The van der Waals surface area contributed by atoms with E-state index in [0.717, 1.165) is 16.1 Å². The van der Waals surface area contributed by atoms with Crippen LogP contribution in [0.5, 0.6) is 0 Å². The summed E-state index contributed by atoms with van der Waals surface area (Å²) in [5.41, 5.74) is 2.89. The summed E-state index contributed by atoms with van der Waals surface area (Å²) in [5, 5.41) is 12.1. The largest absolute Gasteiger partial charge is 0.618 e. The molecule has 0 spiro atoms. The summed E-state index contributed by atoms with van der Waals surface area (Å²) in [6.45, 7) is 3.72. The molecule has 3 aromatic rings. The molecule has 0 saturated carbocycles. The van der Waals surface area contributed by atoms with Gasteiger partial charge in [-0.3, -0.25) is 4.79 Å². The summed E-state index contributed by atoms with van der Waals surface area (Å²) in [5.74, 6) is -0.221. The maximum Gasteiger partial charge on any atom is 0.251 e. The molecule has 0 amide bonds. The molecule has 0 aliphatic heterocycles. The topological polar surface area (TPSA) is 48.9 Å². The number of rotatable bonds is 5. The van der Waals surface area contributed by atoms with Crippen LogP contribution in [-0.2, 0) is 0 Å². The van der Waals surface area contributed by atoms with Gasteiger partial charge >= 0.3 is 0 Å². The van der Waals surface area contributed by atoms with Crippen molar-refractivity contribution in [3.05, 3.63) is 82.7 Å². The highest BCUT2D eigenvalue weighted by molar-refractivity contribution is 7.99. The van der Waals surface area contributed by atoms with Crippen molar-refractivity contribution in [2.75, 3.05) is 5.75 Å². The standard InChI is InChI=1S/C19H17FN2O2S/c1-13-10-17(14(2)22(13)16-7-5-6-15(20)11-16)18(23)12-25-19-8-3-4-9-21(19)24/h3-11H,12H2,1-2H3. The van der Waals surface area contributed by atoms with E-state index in [2.05, 4.69) is 0 Å². The van der Waals surface area contributed by atoms with E-state index >= 15 is 0 Å². The van der Waals surface area contributed by atoms with Crippen LogP contribution in [0.15, 0.2) is 59.8 Å². The molecule has 1 aromatic carbocycles. The second-order valence-electron chi connectivity index (χ2n) is 5.68. The van der Waals surface area contributed by atoms with Gasteiger partial charge in [-0.2, -0.15) is 4.73 Å². The number of hydrogen-bond acceptors (Lipinski definition) is 3. The number of halogens is 1. The maximum absolute atomic E-state index is 13.5. The number of Topliss-reactive ketones (excluding diaryl/α,β-unsaturated/α-hetero) is 1. The molecule has 0 fully saturated rings. The first-order chi connectivity index (χ1) is 12.0. The van der Waals surface area contributed by atoms with Gasteiger partial charge < -0.3 is 9.77 Å². The Kier molecular flexibility index (Phi) is 4.90. The summed E-state index contributed by atoms with van der Waals surface area (Å²) >= 11 is 1.20. The van der Waals surface area contributed by atoms with E-state index in [9.17, 15) is 14.4 Å². The molecule has 0 aliphatic carbocycles. The van der Waals surface area contributed by atoms with Gasteiger partial charge in [-0.05, 0) is 55.9 Å². The quantitative estimate of drug-likeness (QED) is 0.302. The van der Waals surface area contributed by atoms with Crippen LogP contribution in [-0.4, -0.2) is 16.1 Å². The SMILES string of the molecule is Cc1cc(C(=O)CSc2cccc[n+]2[O-])c(C)n1-c1cccc(F)c1. The minimum Gasteiger partial charge on any atom is -0.618 e. The van der Waals surface area contributed by atoms with Crippen molar-refractivity contribution in [2.45, 2.75) is 18.9 Å². The number of carbonyl (C=O) groups is 1. The number of pyridine rings is 1. The number of thioether (sulfide) groups is 1. The predicted octanol–water partition coefficient (Wildman–Crippen LogP) is 3.84. The van der Waals surface area contributed by atoms with Crippen molar-refractivity contribution in [1.82, 2.24) is 4.57 Å². The van der Waals surface area contributed by atoms with Crippen LogP contribution < -0.4 is 4.73 Å². The van der Waals surface area contributed by atoms with Gasteiger partial charge in [-0.25, -0.2) is 4.39 Å². The van der Waals surface area contributed by atoms with Gasteiger partial charge in [0.05, 0.1) is 5.75 Å². The van der Waals surface area contributed by atoms with Crippen LogP contribution in [0.1, 0.15) is 21.7 Å². The fourth-order valence-electron chi connectivity index (χ4n) is 2.80. The van der Waals surface area contributed by atoms with Gasteiger partial charge in [0, 0.05) is 34.8 Å². The molecule has 4 nitrogen and oxygen atoms in total. The Morgan fingerprint density at radius 3 is 2.72 bits per heavy atom. The lowest BCUT2D eigenvalue weighted by Gasteiger charge is -2.10. The minimum atomic E-state index is -0.322. The lowest BCUT2D eigenvalue weighted by molar-refractivity contribution is -0.645. The van der Waals surface area contributed by atoms with Crippen LogP contribution in [0.3, 0.4) is 0 Å². The van der Waals surface area contributed by atoms with Crippen LogP contribution in [0.4, 0.5) is 4.39 Å². The van der Waals surface area contributed by atoms with E-state index in [4.69, 9.17) is 0 Å². The molecule has 0 bridgehead atoms. The highest BCUT2D eigenvalue weighted by Crippen LogP contribution is 2.23. The Morgan fingerprint density at radius 2 is 2.00 bits per heavy atom. The molecule has 0 N–H and O–H groups in total. The van der Waals surface area contributed by atoms with Crippen molar-refractivity contribution in [2.24, 2.45) is 0 Å². The maximum atomic E-state index is 13.5.